The summed E-state index contributed by atoms with van der Waals surface area (Å²) in [5.74, 6) is -1.18. The fraction of sp³-hybridized carbons (Fsp3) is 0.364. The first-order chi connectivity index (χ1) is 14.6. The normalized spacial score (nSPS) is 17.7. The number of aryl methyl sites for hydroxylation is 3. The number of hydrogen-bond donors (Lipinski definition) is 1. The summed E-state index contributed by atoms with van der Waals surface area (Å²) in [5, 5.41) is 2.93. The number of carbonyl (C=O) groups is 1. The second-order valence-corrected chi connectivity index (χ2v) is 10.1. The molecule has 0 spiro atoms. The number of nitrogens with zero attached hydrogens (tertiary/aromatic N) is 2. The minimum Gasteiger partial charge on any atom is -0.408 e. The number of oxazole rings is 1. The van der Waals surface area contributed by atoms with Crippen LogP contribution in [-0.2, 0) is 21.9 Å². The molecule has 1 amide bonds. The molecule has 2 aromatic carbocycles. The molecule has 1 fully saturated rings. The largest absolute Gasteiger partial charge is 0.419 e. The molecule has 1 aromatic heterocycles. The van der Waals surface area contributed by atoms with Gasteiger partial charge in [-0.05, 0) is 62.1 Å². The second kappa shape index (κ2) is 7.97. The number of benzene rings is 2. The molecule has 31 heavy (non-hydrogen) atoms. The molecule has 3 aromatic rings. The fourth-order valence-electron chi connectivity index (χ4n) is 4.09. The van der Waals surface area contributed by atoms with Gasteiger partial charge in [-0.1, -0.05) is 6.07 Å². The summed E-state index contributed by atoms with van der Waals surface area (Å²) in [7, 11) is -2.27. The highest BCUT2D eigenvalue weighted by atomic mass is 32.2. The first-order valence-electron chi connectivity index (χ1n) is 10.1. The van der Waals surface area contributed by atoms with Crippen molar-refractivity contribution in [2.45, 2.75) is 31.6 Å². The lowest BCUT2D eigenvalue weighted by Gasteiger charge is -2.31. The Labute approximate surface area is 180 Å². The van der Waals surface area contributed by atoms with Gasteiger partial charge >= 0.3 is 5.76 Å². The molecular weight excluding hydrogens is 418 g/mol. The molecule has 0 bridgehead atoms. The van der Waals surface area contributed by atoms with E-state index in [9.17, 15) is 18.0 Å². The van der Waals surface area contributed by atoms with Gasteiger partial charge in [-0.2, -0.15) is 4.31 Å². The molecule has 1 saturated heterocycles. The van der Waals surface area contributed by atoms with Crippen LogP contribution in [0.5, 0.6) is 0 Å². The van der Waals surface area contributed by atoms with Crippen LogP contribution >= 0.6 is 0 Å². The quantitative estimate of drug-likeness (QED) is 0.668. The van der Waals surface area contributed by atoms with Crippen molar-refractivity contribution in [3.63, 3.8) is 0 Å². The van der Waals surface area contributed by atoms with Crippen molar-refractivity contribution < 1.29 is 17.6 Å². The number of carbonyl (C=O) groups excluding carboxylic acids is 1. The highest BCUT2D eigenvalue weighted by molar-refractivity contribution is 7.89. The standard InChI is InChI=1S/C22H25N3O5S/c1-14-9-15(2)11-17(10-14)23-21(26)16-5-4-8-25(13-16)31(28,29)18-6-7-19-20(12-18)30-22(27)24(19)3/h6-7,9-12,16H,4-5,8,13H2,1-3H3,(H,23,26)/t16-/m1/s1. The average Bonchev–Trinajstić information content (AvgIpc) is 3.00. The zero-order valence-electron chi connectivity index (χ0n) is 17.7. The number of aromatic nitrogens is 1. The first kappa shape index (κ1) is 21.3. The minimum atomic E-state index is -3.83. The topological polar surface area (TPSA) is 102 Å². The highest BCUT2D eigenvalue weighted by Gasteiger charge is 2.33. The van der Waals surface area contributed by atoms with Crippen molar-refractivity contribution in [3.05, 3.63) is 58.1 Å². The predicted molar refractivity (Wildman–Crippen MR) is 117 cm³/mol. The van der Waals surface area contributed by atoms with E-state index < -0.39 is 21.7 Å². The Bertz CT molecular complexity index is 1300. The lowest BCUT2D eigenvalue weighted by atomic mass is 9.98. The Hall–Kier alpha value is -2.91. The Morgan fingerprint density at radius 1 is 1.13 bits per heavy atom. The van der Waals surface area contributed by atoms with Crippen LogP contribution < -0.4 is 11.1 Å². The van der Waals surface area contributed by atoms with Crippen LogP contribution in [0.15, 0.2) is 50.5 Å². The molecule has 4 rings (SSSR count). The molecule has 9 heteroatoms. The van der Waals surface area contributed by atoms with Gasteiger partial charge in [0, 0.05) is 31.9 Å². The number of hydrogen-bond acceptors (Lipinski definition) is 5. The summed E-state index contributed by atoms with van der Waals surface area (Å²) < 4.78 is 34.2. The maximum atomic E-state index is 13.2. The number of nitrogens with one attached hydrogen (secondary N) is 1. The summed E-state index contributed by atoms with van der Waals surface area (Å²) in [4.78, 5) is 24.6. The van der Waals surface area contributed by atoms with E-state index in [-0.39, 0.29) is 22.9 Å². The van der Waals surface area contributed by atoms with E-state index in [0.717, 1.165) is 11.1 Å². The third-order valence-electron chi connectivity index (χ3n) is 5.65. The van der Waals surface area contributed by atoms with Crippen molar-refractivity contribution in [2.24, 2.45) is 13.0 Å². The van der Waals surface area contributed by atoms with E-state index in [1.54, 1.807) is 13.1 Å². The van der Waals surface area contributed by atoms with Gasteiger partial charge in [-0.25, -0.2) is 13.2 Å². The molecule has 8 nitrogen and oxygen atoms in total. The smallest absolute Gasteiger partial charge is 0.408 e. The van der Waals surface area contributed by atoms with Crippen molar-refractivity contribution in [1.29, 1.82) is 0 Å². The van der Waals surface area contributed by atoms with Crippen molar-refractivity contribution in [3.8, 4) is 0 Å². The number of amides is 1. The Morgan fingerprint density at radius 2 is 1.84 bits per heavy atom. The van der Waals surface area contributed by atoms with Gasteiger partial charge in [0.2, 0.25) is 15.9 Å². The Kier molecular flexibility index (Phi) is 5.49. The summed E-state index contributed by atoms with van der Waals surface area (Å²) in [5.41, 5.74) is 3.55. The van der Waals surface area contributed by atoms with Gasteiger partial charge in [0.25, 0.3) is 0 Å². The Balaban J connectivity index is 1.54. The van der Waals surface area contributed by atoms with Crippen LogP contribution in [-0.4, -0.2) is 36.3 Å². The van der Waals surface area contributed by atoms with Crippen LogP contribution in [0, 0.1) is 19.8 Å². The van der Waals surface area contributed by atoms with Crippen molar-refractivity contribution >= 4 is 32.7 Å². The van der Waals surface area contributed by atoms with Crippen LogP contribution in [0.1, 0.15) is 24.0 Å². The molecule has 0 radical (unpaired) electrons. The van der Waals surface area contributed by atoms with Gasteiger partial charge in [-0.15, -0.1) is 0 Å². The molecule has 0 saturated carbocycles. The van der Waals surface area contributed by atoms with Crippen molar-refractivity contribution in [2.75, 3.05) is 18.4 Å². The summed E-state index contributed by atoms with van der Waals surface area (Å²) in [6.07, 6.45) is 1.21. The summed E-state index contributed by atoms with van der Waals surface area (Å²) >= 11 is 0. The number of fused-ring (bicyclic) bond motifs is 1. The number of anilines is 1. The first-order valence-corrected chi connectivity index (χ1v) is 11.6. The summed E-state index contributed by atoms with van der Waals surface area (Å²) in [6, 6.07) is 10.2. The van der Waals surface area contributed by atoms with Gasteiger partial charge in [0.05, 0.1) is 16.3 Å². The highest BCUT2D eigenvalue weighted by Crippen LogP contribution is 2.27. The monoisotopic (exact) mass is 443 g/mol. The zero-order chi connectivity index (χ0) is 22.3. The molecular formula is C22H25N3O5S. The zero-order valence-corrected chi connectivity index (χ0v) is 18.5. The van der Waals surface area contributed by atoms with Crippen LogP contribution in [0.4, 0.5) is 5.69 Å². The molecule has 1 aliphatic heterocycles. The average molecular weight is 444 g/mol. The van der Waals surface area contributed by atoms with E-state index in [1.165, 1.54) is 21.0 Å². The third kappa shape index (κ3) is 4.15. The predicted octanol–water partition coefficient (Wildman–Crippen LogP) is 2.79. The van der Waals surface area contributed by atoms with Crippen LogP contribution in [0.2, 0.25) is 0 Å². The number of rotatable bonds is 4. The molecule has 2 heterocycles. The second-order valence-electron chi connectivity index (χ2n) is 8.12. The summed E-state index contributed by atoms with van der Waals surface area (Å²) in [6.45, 7) is 4.37. The molecule has 164 valence electrons. The van der Waals surface area contributed by atoms with Gasteiger partial charge in [-0.3, -0.25) is 9.36 Å². The molecule has 1 atom stereocenters. The van der Waals surface area contributed by atoms with E-state index in [1.807, 2.05) is 32.0 Å². The van der Waals surface area contributed by atoms with Crippen LogP contribution in [0.25, 0.3) is 11.1 Å². The van der Waals surface area contributed by atoms with Gasteiger partial charge < -0.3 is 9.73 Å². The third-order valence-corrected chi connectivity index (χ3v) is 7.51. The van der Waals surface area contributed by atoms with Gasteiger partial charge in [0.15, 0.2) is 5.58 Å². The van der Waals surface area contributed by atoms with E-state index in [4.69, 9.17) is 4.42 Å². The lowest BCUT2D eigenvalue weighted by Crippen LogP contribution is -2.43. The maximum Gasteiger partial charge on any atom is 0.419 e. The minimum absolute atomic E-state index is 0.0460. The molecule has 0 unspecified atom stereocenters. The SMILES string of the molecule is Cc1cc(C)cc(NC(=O)[C@@H]2CCCN(S(=O)(=O)c3ccc4c(c3)oc(=O)n4C)C2)c1. The number of piperidine rings is 1. The van der Waals surface area contributed by atoms with E-state index in [0.29, 0.717) is 30.6 Å². The van der Waals surface area contributed by atoms with E-state index in [2.05, 4.69) is 5.32 Å². The fourth-order valence-corrected chi connectivity index (χ4v) is 5.63. The van der Waals surface area contributed by atoms with Gasteiger partial charge in [0.1, 0.15) is 0 Å². The van der Waals surface area contributed by atoms with Crippen molar-refractivity contribution in [1.82, 2.24) is 8.87 Å². The molecule has 1 N–H and O–H groups in total. The van der Waals surface area contributed by atoms with Crippen LogP contribution in [0.3, 0.4) is 0 Å². The maximum absolute atomic E-state index is 13.2. The lowest BCUT2D eigenvalue weighted by molar-refractivity contribution is -0.120. The molecule has 1 aliphatic rings. The molecule has 0 aliphatic carbocycles. The van der Waals surface area contributed by atoms with E-state index >= 15 is 0 Å². The Morgan fingerprint density at radius 3 is 2.55 bits per heavy atom. The number of sulfonamides is 1.